The molecule has 0 saturated heterocycles. The normalized spacial score (nSPS) is 11.0. The van der Waals surface area contributed by atoms with Gasteiger partial charge in [-0.3, -0.25) is 0 Å². The molecule has 0 saturated carbocycles. The number of rotatable bonds is 4. The fraction of sp³-hybridized carbons (Fsp3) is 0.0417. The first-order valence-electron chi connectivity index (χ1n) is 9.72. The van der Waals surface area contributed by atoms with Crippen LogP contribution in [-0.4, -0.2) is 25.1 Å². The van der Waals surface area contributed by atoms with Gasteiger partial charge in [0.25, 0.3) is 0 Å². The molecule has 0 aliphatic rings. The molecule has 5 rings (SSSR count). The molecule has 6 nitrogen and oxygen atoms in total. The van der Waals surface area contributed by atoms with Gasteiger partial charge < -0.3 is 10.4 Å². The van der Waals surface area contributed by atoms with Crippen LogP contribution in [0, 0.1) is 12.7 Å². The predicted molar refractivity (Wildman–Crippen MR) is 118 cm³/mol. The highest BCUT2D eigenvalue weighted by Gasteiger charge is 2.10. The number of nitrogens with zero attached hydrogens (tertiary/aromatic N) is 4. The van der Waals surface area contributed by atoms with Crippen molar-refractivity contribution in [2.75, 3.05) is 5.32 Å². The SMILES string of the molecule is Cc1cc(Nc2cccc3nc(-c4cn(-c5ccc(O)cc5)nn4)ccc23)ccc1F. The van der Waals surface area contributed by atoms with Gasteiger partial charge in [0.05, 0.1) is 23.1 Å². The lowest BCUT2D eigenvalue weighted by atomic mass is 10.1. The molecule has 0 radical (unpaired) electrons. The van der Waals surface area contributed by atoms with E-state index in [1.165, 1.54) is 6.07 Å². The number of phenolic OH excluding ortho intramolecular Hbond substituents is 1. The second-order valence-electron chi connectivity index (χ2n) is 7.22. The smallest absolute Gasteiger partial charge is 0.131 e. The van der Waals surface area contributed by atoms with E-state index in [0.717, 1.165) is 28.0 Å². The molecule has 2 aromatic heterocycles. The minimum Gasteiger partial charge on any atom is -0.508 e. The molecular formula is C24H18FN5O. The summed E-state index contributed by atoms with van der Waals surface area (Å²) in [5, 5.41) is 22.1. The number of benzene rings is 3. The Morgan fingerprint density at radius 2 is 1.77 bits per heavy atom. The summed E-state index contributed by atoms with van der Waals surface area (Å²) in [4.78, 5) is 4.74. The summed E-state index contributed by atoms with van der Waals surface area (Å²) in [6.07, 6.45) is 1.80. The molecule has 2 N–H and O–H groups in total. The van der Waals surface area contributed by atoms with Crippen molar-refractivity contribution in [2.45, 2.75) is 6.92 Å². The largest absolute Gasteiger partial charge is 0.508 e. The Bertz CT molecular complexity index is 1400. The Hall–Kier alpha value is -4.26. The highest BCUT2D eigenvalue weighted by atomic mass is 19.1. The van der Waals surface area contributed by atoms with Crippen LogP contribution in [0.2, 0.25) is 0 Å². The average Bonchev–Trinajstić information content (AvgIpc) is 3.27. The number of pyridine rings is 1. The van der Waals surface area contributed by atoms with E-state index >= 15 is 0 Å². The van der Waals surface area contributed by atoms with Gasteiger partial charge in [0.1, 0.15) is 17.3 Å². The number of anilines is 2. The molecule has 0 aliphatic carbocycles. The van der Waals surface area contributed by atoms with Crippen LogP contribution in [0.1, 0.15) is 5.56 Å². The molecule has 5 aromatic rings. The third kappa shape index (κ3) is 3.69. The summed E-state index contributed by atoms with van der Waals surface area (Å²) >= 11 is 0. The molecular weight excluding hydrogens is 393 g/mol. The van der Waals surface area contributed by atoms with Gasteiger partial charge in [0, 0.05) is 16.8 Å². The van der Waals surface area contributed by atoms with Gasteiger partial charge in [-0.1, -0.05) is 11.3 Å². The second kappa shape index (κ2) is 7.53. The van der Waals surface area contributed by atoms with Crippen LogP contribution in [0.15, 0.2) is 79.0 Å². The van der Waals surface area contributed by atoms with E-state index in [9.17, 15) is 9.50 Å². The zero-order valence-corrected chi connectivity index (χ0v) is 16.6. The Balaban J connectivity index is 1.47. The van der Waals surface area contributed by atoms with E-state index in [1.54, 1.807) is 54.2 Å². The number of aromatic nitrogens is 4. The van der Waals surface area contributed by atoms with Crippen molar-refractivity contribution >= 4 is 22.3 Å². The maximum absolute atomic E-state index is 13.6. The highest BCUT2D eigenvalue weighted by molar-refractivity contribution is 5.94. The summed E-state index contributed by atoms with van der Waals surface area (Å²) in [6.45, 7) is 1.74. The highest BCUT2D eigenvalue weighted by Crippen LogP contribution is 2.28. The van der Waals surface area contributed by atoms with Crippen molar-refractivity contribution < 1.29 is 9.50 Å². The van der Waals surface area contributed by atoms with Gasteiger partial charge in [0.2, 0.25) is 0 Å². The van der Waals surface area contributed by atoms with E-state index < -0.39 is 0 Å². The third-order valence-electron chi connectivity index (χ3n) is 5.04. The van der Waals surface area contributed by atoms with E-state index in [4.69, 9.17) is 4.98 Å². The lowest BCUT2D eigenvalue weighted by Crippen LogP contribution is -1.94. The Labute approximate surface area is 177 Å². The third-order valence-corrected chi connectivity index (χ3v) is 5.04. The number of hydrogen-bond donors (Lipinski definition) is 2. The van der Waals surface area contributed by atoms with E-state index in [1.807, 2.05) is 30.3 Å². The first kappa shape index (κ1) is 18.7. The van der Waals surface area contributed by atoms with Crippen LogP contribution in [0.4, 0.5) is 15.8 Å². The van der Waals surface area contributed by atoms with E-state index in [-0.39, 0.29) is 11.6 Å². The van der Waals surface area contributed by atoms with E-state index in [2.05, 4.69) is 15.6 Å². The minimum atomic E-state index is -0.227. The van der Waals surface area contributed by atoms with Crippen molar-refractivity contribution in [1.29, 1.82) is 0 Å². The van der Waals surface area contributed by atoms with Gasteiger partial charge in [-0.25, -0.2) is 14.1 Å². The summed E-state index contributed by atoms with van der Waals surface area (Å²) in [5.74, 6) is -0.0318. The van der Waals surface area contributed by atoms with Gasteiger partial charge in [-0.2, -0.15) is 0 Å². The zero-order valence-electron chi connectivity index (χ0n) is 16.6. The maximum Gasteiger partial charge on any atom is 0.131 e. The monoisotopic (exact) mass is 411 g/mol. The molecule has 3 aromatic carbocycles. The molecule has 0 amide bonds. The standard InChI is InChI=1S/C24H18FN5O/c1-15-13-16(5-11-20(15)25)26-21-3-2-4-22-19(21)10-12-23(27-22)24-14-30(29-28-24)17-6-8-18(31)9-7-17/h2-14,26,31H,1H3. The van der Waals surface area contributed by atoms with Gasteiger partial charge >= 0.3 is 0 Å². The average molecular weight is 411 g/mol. The molecule has 0 unspecified atom stereocenters. The fourth-order valence-electron chi connectivity index (χ4n) is 3.40. The molecule has 0 bridgehead atoms. The van der Waals surface area contributed by atoms with Crippen LogP contribution in [0.3, 0.4) is 0 Å². The van der Waals surface area contributed by atoms with Crippen LogP contribution in [-0.2, 0) is 0 Å². The molecule has 7 heteroatoms. The van der Waals surface area contributed by atoms with Crippen LogP contribution < -0.4 is 5.32 Å². The first-order valence-corrected chi connectivity index (χ1v) is 9.72. The fourth-order valence-corrected chi connectivity index (χ4v) is 3.40. The van der Waals surface area contributed by atoms with Crippen molar-refractivity contribution in [3.63, 3.8) is 0 Å². The number of hydrogen-bond acceptors (Lipinski definition) is 5. The lowest BCUT2D eigenvalue weighted by Gasteiger charge is -2.11. The second-order valence-corrected chi connectivity index (χ2v) is 7.22. The predicted octanol–water partition coefficient (Wildman–Crippen LogP) is 5.38. The number of halogens is 1. The maximum atomic E-state index is 13.6. The van der Waals surface area contributed by atoms with Gasteiger partial charge in [-0.15, -0.1) is 5.10 Å². The molecule has 2 heterocycles. The van der Waals surface area contributed by atoms with Crippen LogP contribution in [0.25, 0.3) is 28.0 Å². The van der Waals surface area contributed by atoms with Gasteiger partial charge in [0.15, 0.2) is 0 Å². The van der Waals surface area contributed by atoms with Crippen molar-refractivity contribution in [3.05, 3.63) is 90.4 Å². The molecule has 0 aliphatic heterocycles. The molecule has 0 atom stereocenters. The lowest BCUT2D eigenvalue weighted by molar-refractivity contribution is 0.475. The summed E-state index contributed by atoms with van der Waals surface area (Å²) in [6, 6.07) is 21.4. The van der Waals surface area contributed by atoms with Crippen molar-refractivity contribution in [2.24, 2.45) is 0 Å². The number of nitrogens with one attached hydrogen (secondary N) is 1. The number of aromatic hydroxyl groups is 1. The topological polar surface area (TPSA) is 75.9 Å². The van der Waals surface area contributed by atoms with Crippen molar-refractivity contribution in [1.82, 2.24) is 20.0 Å². The molecule has 31 heavy (non-hydrogen) atoms. The van der Waals surface area contributed by atoms with Crippen LogP contribution >= 0.6 is 0 Å². The zero-order chi connectivity index (χ0) is 21.4. The Kier molecular flexibility index (Phi) is 4.55. The Morgan fingerprint density at radius 1 is 0.935 bits per heavy atom. The van der Waals surface area contributed by atoms with E-state index in [0.29, 0.717) is 17.0 Å². The summed E-state index contributed by atoms with van der Waals surface area (Å²) in [5.41, 5.74) is 5.22. The summed E-state index contributed by atoms with van der Waals surface area (Å²) in [7, 11) is 0. The molecule has 152 valence electrons. The number of phenols is 1. The van der Waals surface area contributed by atoms with Gasteiger partial charge in [-0.05, 0) is 79.2 Å². The molecule has 0 fully saturated rings. The summed E-state index contributed by atoms with van der Waals surface area (Å²) < 4.78 is 15.2. The Morgan fingerprint density at radius 3 is 2.58 bits per heavy atom. The number of fused-ring (bicyclic) bond motifs is 1. The minimum absolute atomic E-state index is 0.195. The number of aryl methyl sites for hydroxylation is 1. The first-order chi connectivity index (χ1) is 15.1. The quantitative estimate of drug-likeness (QED) is 0.415. The van der Waals surface area contributed by atoms with Crippen molar-refractivity contribution in [3.8, 4) is 22.8 Å². The molecule has 0 spiro atoms. The van der Waals surface area contributed by atoms with Crippen LogP contribution in [0.5, 0.6) is 5.75 Å².